The van der Waals surface area contributed by atoms with Gasteiger partial charge in [0.2, 0.25) is 0 Å². The van der Waals surface area contributed by atoms with Gasteiger partial charge < -0.3 is 0 Å². The van der Waals surface area contributed by atoms with Gasteiger partial charge in [0.05, 0.1) is 0 Å². The van der Waals surface area contributed by atoms with Crippen LogP contribution < -0.4 is 5.32 Å². The largest absolute Gasteiger partial charge is 0.459 e. The molecule has 0 spiro atoms. The summed E-state index contributed by atoms with van der Waals surface area (Å²) in [4.78, 5) is 0. The van der Waals surface area contributed by atoms with Gasteiger partial charge in [0.25, 0.3) is 0 Å². The van der Waals surface area contributed by atoms with Crippen molar-refractivity contribution in [2.75, 3.05) is 0 Å². The van der Waals surface area contributed by atoms with E-state index in [1.807, 2.05) is 0 Å². The van der Waals surface area contributed by atoms with E-state index in [1.165, 1.54) is 24.3 Å². The molecule has 0 aliphatic rings. The van der Waals surface area contributed by atoms with E-state index >= 15 is 0 Å². The number of benzene rings is 1. The van der Waals surface area contributed by atoms with E-state index in [9.17, 15) is 17.6 Å². The van der Waals surface area contributed by atoms with Gasteiger partial charge >= 0.3 is 6.30 Å². The predicted octanol–water partition coefficient (Wildman–Crippen LogP) is 2.76. The number of hydrogen-bond donors (Lipinski definition) is 1. The van der Waals surface area contributed by atoms with Gasteiger partial charge in [0.1, 0.15) is 0 Å². The van der Waals surface area contributed by atoms with Crippen LogP contribution in [-0.4, -0.2) is 6.30 Å². The summed E-state index contributed by atoms with van der Waals surface area (Å²) in [5.74, 6) is 0. The van der Waals surface area contributed by atoms with E-state index in [4.69, 9.17) is 0 Å². The zero-order valence-corrected chi connectivity index (χ0v) is 6.48. The third kappa shape index (κ3) is 3.42. The molecular weight excluding hydrogens is 186 g/mol. The fourth-order valence-corrected chi connectivity index (χ4v) is 0.849. The van der Waals surface area contributed by atoms with E-state index in [2.05, 4.69) is 0 Å². The Hall–Kier alpha value is -1.10. The topological polar surface area (TPSA) is 12.0 Å². The molecule has 5 heteroatoms. The van der Waals surface area contributed by atoms with Crippen LogP contribution in [0.25, 0.3) is 0 Å². The van der Waals surface area contributed by atoms with Crippen LogP contribution in [0.4, 0.5) is 17.6 Å². The minimum absolute atomic E-state index is 0.0418. The van der Waals surface area contributed by atoms with Gasteiger partial charge in [-0.1, -0.05) is 30.3 Å². The molecule has 1 aromatic rings. The van der Waals surface area contributed by atoms with Gasteiger partial charge in [-0.25, -0.2) is 4.39 Å². The lowest BCUT2D eigenvalue weighted by Gasteiger charge is -2.12. The average molecular weight is 193 g/mol. The molecule has 13 heavy (non-hydrogen) atoms. The van der Waals surface area contributed by atoms with Gasteiger partial charge in [-0.05, 0) is 0 Å². The molecule has 0 aliphatic carbocycles. The quantitative estimate of drug-likeness (QED) is 0.562. The van der Waals surface area contributed by atoms with E-state index < -0.39 is 12.6 Å². The third-order valence-corrected chi connectivity index (χ3v) is 1.38. The Morgan fingerprint density at radius 1 is 1.08 bits per heavy atom. The fraction of sp³-hybridized carbons (Fsp3) is 0.250. The lowest BCUT2D eigenvalue weighted by atomic mass is 10.2. The van der Waals surface area contributed by atoms with E-state index in [0.29, 0.717) is 0 Å². The van der Waals surface area contributed by atoms with E-state index in [-0.39, 0.29) is 5.56 Å². The van der Waals surface area contributed by atoms with Gasteiger partial charge in [-0.3, -0.25) is 0 Å². The van der Waals surface area contributed by atoms with Crippen molar-refractivity contribution in [3.05, 3.63) is 35.9 Å². The van der Waals surface area contributed by atoms with Crippen molar-refractivity contribution in [2.24, 2.45) is 0 Å². The standard InChI is InChI=1S/C8H7F4N/c9-7(13-8(10,11)12)6-4-2-1-3-5-6/h1-5,7,13H. The van der Waals surface area contributed by atoms with Crippen LogP contribution in [0.15, 0.2) is 30.3 Å². The molecule has 1 atom stereocenters. The maximum Gasteiger partial charge on any atom is 0.459 e. The molecule has 1 N–H and O–H groups in total. The first kappa shape index (κ1) is 9.98. The van der Waals surface area contributed by atoms with Crippen LogP contribution in [0.1, 0.15) is 11.9 Å². The molecule has 0 saturated heterocycles. The highest BCUT2D eigenvalue weighted by Gasteiger charge is 2.31. The molecule has 1 aromatic carbocycles. The van der Waals surface area contributed by atoms with Gasteiger partial charge in [0.15, 0.2) is 6.30 Å². The summed E-state index contributed by atoms with van der Waals surface area (Å²) in [5, 5.41) is 0.869. The molecule has 1 rings (SSSR count). The van der Waals surface area contributed by atoms with Crippen molar-refractivity contribution >= 4 is 0 Å². The average Bonchev–Trinajstić information content (AvgIpc) is 2.03. The van der Waals surface area contributed by atoms with Crippen LogP contribution in [-0.2, 0) is 0 Å². The van der Waals surface area contributed by atoms with E-state index in [1.54, 1.807) is 6.07 Å². The number of halogens is 4. The Kier molecular flexibility index (Phi) is 2.87. The Morgan fingerprint density at radius 2 is 1.62 bits per heavy atom. The first-order valence-corrected chi connectivity index (χ1v) is 3.52. The number of nitrogens with one attached hydrogen (secondary N) is 1. The fourth-order valence-electron chi connectivity index (χ4n) is 0.849. The van der Waals surface area contributed by atoms with E-state index in [0.717, 1.165) is 5.32 Å². The maximum absolute atomic E-state index is 12.8. The number of hydrogen-bond acceptors (Lipinski definition) is 1. The van der Waals surface area contributed by atoms with Crippen LogP contribution in [0.3, 0.4) is 0 Å². The molecule has 0 heterocycles. The molecule has 0 fully saturated rings. The van der Waals surface area contributed by atoms with Crippen molar-refractivity contribution in [3.8, 4) is 0 Å². The summed E-state index contributed by atoms with van der Waals surface area (Å²) in [7, 11) is 0. The molecule has 0 saturated carbocycles. The van der Waals surface area contributed by atoms with Gasteiger partial charge in [-0.15, -0.1) is 0 Å². The molecule has 1 nitrogen and oxygen atoms in total. The summed E-state index contributed by atoms with van der Waals surface area (Å²) in [5.41, 5.74) is -0.0418. The number of rotatable bonds is 2. The first-order valence-electron chi connectivity index (χ1n) is 3.52. The first-order chi connectivity index (χ1) is 5.99. The molecule has 0 radical (unpaired) electrons. The Labute approximate surface area is 72.4 Å². The second kappa shape index (κ2) is 3.74. The minimum Gasteiger partial charge on any atom is -0.225 e. The summed E-state index contributed by atoms with van der Waals surface area (Å²) >= 11 is 0. The van der Waals surface area contributed by atoms with Crippen LogP contribution in [0, 0.1) is 0 Å². The molecule has 72 valence electrons. The second-order valence-electron chi connectivity index (χ2n) is 2.42. The smallest absolute Gasteiger partial charge is 0.225 e. The highest BCUT2D eigenvalue weighted by Crippen LogP contribution is 2.20. The summed E-state index contributed by atoms with van der Waals surface area (Å²) in [6, 6.07) is 7.11. The highest BCUT2D eigenvalue weighted by molar-refractivity contribution is 5.16. The summed E-state index contributed by atoms with van der Waals surface area (Å²) < 4.78 is 47.7. The van der Waals surface area contributed by atoms with Crippen molar-refractivity contribution in [1.82, 2.24) is 5.32 Å². The predicted molar refractivity (Wildman–Crippen MR) is 39.5 cm³/mol. The van der Waals surface area contributed by atoms with Gasteiger partial charge in [-0.2, -0.15) is 18.5 Å². The van der Waals surface area contributed by atoms with Crippen LogP contribution in [0.5, 0.6) is 0 Å². The van der Waals surface area contributed by atoms with Crippen molar-refractivity contribution in [3.63, 3.8) is 0 Å². The summed E-state index contributed by atoms with van der Waals surface area (Å²) in [6.07, 6.45) is -6.91. The molecule has 0 aliphatic heterocycles. The Morgan fingerprint density at radius 3 is 2.08 bits per heavy atom. The number of alkyl halides is 4. The molecule has 0 amide bonds. The van der Waals surface area contributed by atoms with Crippen molar-refractivity contribution < 1.29 is 17.6 Å². The second-order valence-corrected chi connectivity index (χ2v) is 2.42. The van der Waals surface area contributed by atoms with Crippen molar-refractivity contribution in [1.29, 1.82) is 0 Å². The highest BCUT2D eigenvalue weighted by atomic mass is 19.4. The Bertz CT molecular complexity index is 257. The Balaban J connectivity index is 2.64. The molecule has 0 aromatic heterocycles. The molecular formula is C8H7F4N. The third-order valence-electron chi connectivity index (χ3n) is 1.38. The van der Waals surface area contributed by atoms with Gasteiger partial charge in [0, 0.05) is 5.56 Å². The minimum atomic E-state index is -4.70. The van der Waals surface area contributed by atoms with Crippen LogP contribution in [0.2, 0.25) is 0 Å². The van der Waals surface area contributed by atoms with Crippen LogP contribution >= 0.6 is 0 Å². The molecule has 1 unspecified atom stereocenters. The monoisotopic (exact) mass is 193 g/mol. The lowest BCUT2D eigenvalue weighted by molar-refractivity contribution is -0.174. The summed E-state index contributed by atoms with van der Waals surface area (Å²) in [6.45, 7) is 0. The zero-order chi connectivity index (χ0) is 9.90. The maximum atomic E-state index is 12.8. The normalized spacial score (nSPS) is 14.2. The SMILES string of the molecule is FC(NC(F)(F)F)c1ccccc1. The zero-order valence-electron chi connectivity index (χ0n) is 6.48. The lowest BCUT2D eigenvalue weighted by Crippen LogP contribution is -2.33. The van der Waals surface area contributed by atoms with Crippen molar-refractivity contribution in [2.45, 2.75) is 12.6 Å². The molecule has 0 bridgehead atoms.